The summed E-state index contributed by atoms with van der Waals surface area (Å²) in [7, 11) is 0. The van der Waals surface area contributed by atoms with Gasteiger partial charge in [-0.1, -0.05) is 87.5 Å². The van der Waals surface area contributed by atoms with Crippen LogP contribution in [0, 0.1) is 13.8 Å². The van der Waals surface area contributed by atoms with Crippen molar-refractivity contribution in [1.82, 2.24) is 0 Å². The molecular formula is C29H37IO3S. The fourth-order valence-corrected chi connectivity index (χ4v) is 6.57. The molecule has 34 heavy (non-hydrogen) atoms. The van der Waals surface area contributed by atoms with Gasteiger partial charge in [-0.2, -0.15) is 11.8 Å². The summed E-state index contributed by atoms with van der Waals surface area (Å²) in [6.07, 6.45) is 3.13. The zero-order valence-electron chi connectivity index (χ0n) is 21.5. The molecule has 0 spiro atoms. The summed E-state index contributed by atoms with van der Waals surface area (Å²) in [5.41, 5.74) is 6.46. The molecule has 2 aromatic carbocycles. The highest BCUT2D eigenvalue weighted by molar-refractivity contribution is 14.1. The molecule has 1 heterocycles. The normalized spacial score (nSPS) is 16.6. The third kappa shape index (κ3) is 6.20. The van der Waals surface area contributed by atoms with Gasteiger partial charge in [0.1, 0.15) is 18.1 Å². The molecule has 3 nitrogen and oxygen atoms in total. The highest BCUT2D eigenvalue weighted by atomic mass is 127. The van der Waals surface area contributed by atoms with Crippen LogP contribution >= 0.6 is 34.4 Å². The van der Waals surface area contributed by atoms with E-state index in [9.17, 15) is 4.79 Å². The van der Waals surface area contributed by atoms with Gasteiger partial charge in [-0.3, -0.25) is 4.79 Å². The van der Waals surface area contributed by atoms with Gasteiger partial charge >= 0.3 is 5.97 Å². The van der Waals surface area contributed by atoms with Gasteiger partial charge in [-0.05, 0) is 60.2 Å². The predicted molar refractivity (Wildman–Crippen MR) is 152 cm³/mol. The Bertz CT molecular complexity index is 1070. The fraction of sp³-hybridized carbons (Fsp3) is 0.483. The van der Waals surface area contributed by atoms with Gasteiger partial charge in [0.05, 0.1) is 6.42 Å². The summed E-state index contributed by atoms with van der Waals surface area (Å²) in [6, 6.07) is 13.6. The Morgan fingerprint density at radius 1 is 1.09 bits per heavy atom. The number of ether oxygens (including phenoxy) is 2. The minimum absolute atomic E-state index is 0.0895. The van der Waals surface area contributed by atoms with E-state index in [0.717, 1.165) is 23.5 Å². The first-order chi connectivity index (χ1) is 16.0. The lowest BCUT2D eigenvalue weighted by atomic mass is 9.70. The molecule has 0 fully saturated rings. The molecule has 2 unspecified atom stereocenters. The molecule has 1 aliphatic heterocycles. The summed E-state index contributed by atoms with van der Waals surface area (Å²) in [5.74, 6) is 2.24. The third-order valence-electron chi connectivity index (χ3n) is 6.56. The van der Waals surface area contributed by atoms with Crippen molar-refractivity contribution in [1.29, 1.82) is 0 Å². The van der Waals surface area contributed by atoms with E-state index in [1.54, 1.807) is 6.08 Å². The molecule has 0 aromatic heterocycles. The first-order valence-corrected chi connectivity index (χ1v) is 14.2. The number of rotatable bonds is 9. The molecule has 1 aliphatic rings. The number of hydrogen-bond donors (Lipinski definition) is 0. The van der Waals surface area contributed by atoms with Crippen LogP contribution < -0.4 is 4.74 Å². The quantitative estimate of drug-likeness (QED) is 0.168. The van der Waals surface area contributed by atoms with Crippen LogP contribution in [0.1, 0.15) is 75.3 Å². The largest absolute Gasteiger partial charge is 0.485 e. The lowest BCUT2D eigenvalue weighted by Crippen LogP contribution is -2.35. The molecule has 0 saturated heterocycles. The van der Waals surface area contributed by atoms with Crippen LogP contribution in [0.2, 0.25) is 0 Å². The van der Waals surface area contributed by atoms with E-state index < -0.39 is 0 Å². The third-order valence-corrected chi connectivity index (χ3v) is 8.94. The number of esters is 1. The molecule has 0 bridgehead atoms. The summed E-state index contributed by atoms with van der Waals surface area (Å²) < 4.78 is 11.8. The van der Waals surface area contributed by atoms with Gasteiger partial charge in [0.2, 0.25) is 0 Å². The van der Waals surface area contributed by atoms with Crippen LogP contribution in [0.25, 0.3) is 0 Å². The van der Waals surface area contributed by atoms with Gasteiger partial charge in [-0.15, -0.1) is 0 Å². The number of halogens is 1. The molecule has 0 N–H and O–H groups in total. The second-order valence-electron chi connectivity index (χ2n) is 10.1. The minimum Gasteiger partial charge on any atom is -0.485 e. The molecule has 184 valence electrons. The summed E-state index contributed by atoms with van der Waals surface area (Å²) in [5, 5.41) is 0. The molecule has 0 aliphatic carbocycles. The van der Waals surface area contributed by atoms with Gasteiger partial charge in [0.15, 0.2) is 0 Å². The van der Waals surface area contributed by atoms with Gasteiger partial charge in [-0.25, -0.2) is 0 Å². The zero-order chi connectivity index (χ0) is 25.1. The summed E-state index contributed by atoms with van der Waals surface area (Å²) >= 11 is 4.58. The SMILES string of the molecule is CCC(c1ccc(CSC(C)(C)C)c(C)c1)(c1ccc(OCC2=CCC(=O)O2)c(C)c1)C(C)I. The van der Waals surface area contributed by atoms with Crippen LogP contribution in [0.15, 0.2) is 48.2 Å². The van der Waals surface area contributed by atoms with Crippen molar-refractivity contribution in [3.63, 3.8) is 0 Å². The van der Waals surface area contributed by atoms with E-state index in [0.29, 0.717) is 16.1 Å². The molecule has 3 rings (SSSR count). The van der Waals surface area contributed by atoms with Crippen LogP contribution in [0.3, 0.4) is 0 Å². The van der Waals surface area contributed by atoms with E-state index in [1.807, 2.05) is 11.8 Å². The molecular weight excluding hydrogens is 555 g/mol. The predicted octanol–water partition coefficient (Wildman–Crippen LogP) is 8.06. The average Bonchev–Trinajstić information content (AvgIpc) is 3.17. The fourth-order valence-electron chi connectivity index (χ4n) is 4.50. The van der Waals surface area contributed by atoms with Crippen molar-refractivity contribution >= 4 is 40.3 Å². The Balaban J connectivity index is 1.89. The van der Waals surface area contributed by atoms with Crippen LogP contribution in [0.5, 0.6) is 5.75 Å². The van der Waals surface area contributed by atoms with Crippen LogP contribution in [0.4, 0.5) is 0 Å². The first-order valence-electron chi connectivity index (χ1n) is 12.0. The number of carbonyl (C=O) groups is 1. The van der Waals surface area contributed by atoms with Crippen molar-refractivity contribution in [3.05, 3.63) is 76.1 Å². The molecule has 0 saturated carbocycles. The van der Waals surface area contributed by atoms with Crippen molar-refractivity contribution < 1.29 is 14.3 Å². The van der Waals surface area contributed by atoms with Crippen LogP contribution in [-0.2, 0) is 20.7 Å². The number of hydrogen-bond acceptors (Lipinski definition) is 4. The maximum atomic E-state index is 11.3. The van der Waals surface area contributed by atoms with E-state index in [4.69, 9.17) is 9.47 Å². The second kappa shape index (κ2) is 11.1. The standard InChI is InChI=1S/C29H37IO3S/c1-8-29(21(4)30,23-10-9-22(19(2)15-23)18-34-28(5,6)7)24-11-13-26(20(3)16-24)32-17-25-12-14-27(31)33-25/h9-13,15-16,21H,8,14,17-18H2,1-7H3. The Kier molecular flexibility index (Phi) is 8.83. The molecule has 0 amide bonds. The number of carbonyl (C=O) groups excluding carboxylic acids is 1. The number of aryl methyl sites for hydroxylation is 2. The number of alkyl halides is 1. The first kappa shape index (κ1) is 27.1. The van der Waals surface area contributed by atoms with Gasteiger partial charge in [0.25, 0.3) is 0 Å². The van der Waals surface area contributed by atoms with E-state index >= 15 is 0 Å². The van der Waals surface area contributed by atoms with Crippen molar-refractivity contribution in [2.45, 2.75) is 81.1 Å². The number of thioether (sulfide) groups is 1. The summed E-state index contributed by atoms with van der Waals surface area (Å²) in [6.45, 7) is 16.0. The van der Waals surface area contributed by atoms with Crippen molar-refractivity contribution in [2.24, 2.45) is 0 Å². The average molecular weight is 593 g/mol. The molecule has 0 radical (unpaired) electrons. The van der Waals surface area contributed by atoms with Gasteiger partial charge in [0, 0.05) is 19.8 Å². The zero-order valence-corrected chi connectivity index (χ0v) is 24.4. The monoisotopic (exact) mass is 592 g/mol. The van der Waals surface area contributed by atoms with E-state index in [-0.39, 0.29) is 22.7 Å². The lowest BCUT2D eigenvalue weighted by molar-refractivity contribution is -0.136. The Morgan fingerprint density at radius 3 is 2.24 bits per heavy atom. The Morgan fingerprint density at radius 2 is 1.74 bits per heavy atom. The lowest BCUT2D eigenvalue weighted by Gasteiger charge is -2.38. The minimum atomic E-state index is -0.215. The van der Waals surface area contributed by atoms with Crippen molar-refractivity contribution in [2.75, 3.05) is 6.61 Å². The van der Waals surface area contributed by atoms with Crippen LogP contribution in [-0.4, -0.2) is 21.2 Å². The topological polar surface area (TPSA) is 35.5 Å². The molecule has 2 aromatic rings. The molecule has 2 atom stereocenters. The van der Waals surface area contributed by atoms with E-state index in [2.05, 4.69) is 107 Å². The number of cyclic esters (lactones) is 1. The van der Waals surface area contributed by atoms with E-state index in [1.165, 1.54) is 22.3 Å². The van der Waals surface area contributed by atoms with Gasteiger partial charge < -0.3 is 9.47 Å². The summed E-state index contributed by atoms with van der Waals surface area (Å²) in [4.78, 5) is 11.3. The maximum Gasteiger partial charge on any atom is 0.314 e. The maximum absolute atomic E-state index is 11.3. The highest BCUT2D eigenvalue weighted by Crippen LogP contribution is 2.44. The Hall–Kier alpha value is -1.47. The smallest absolute Gasteiger partial charge is 0.314 e. The van der Waals surface area contributed by atoms with Crippen molar-refractivity contribution in [3.8, 4) is 5.75 Å². The number of benzene rings is 2. The molecule has 5 heteroatoms. The highest BCUT2D eigenvalue weighted by Gasteiger charge is 2.37. The second-order valence-corrected chi connectivity index (χ2v) is 13.8. The Labute approximate surface area is 223 Å².